The van der Waals surface area contributed by atoms with E-state index in [9.17, 15) is 0 Å². The van der Waals surface area contributed by atoms with Crippen molar-refractivity contribution in [3.05, 3.63) is 21.3 Å². The minimum absolute atomic E-state index is 0.871. The van der Waals surface area contributed by atoms with E-state index in [0.29, 0.717) is 0 Å². The number of rotatable bonds is 7. The van der Waals surface area contributed by atoms with E-state index in [4.69, 9.17) is 11.6 Å². The van der Waals surface area contributed by atoms with Crippen LogP contribution in [0.15, 0.2) is 12.1 Å². The summed E-state index contributed by atoms with van der Waals surface area (Å²) in [5.74, 6) is 0. The first kappa shape index (κ1) is 13.0. The van der Waals surface area contributed by atoms with E-state index < -0.39 is 0 Å². The summed E-state index contributed by atoms with van der Waals surface area (Å²) in [6, 6.07) is 4.03. The van der Waals surface area contributed by atoms with Gasteiger partial charge < -0.3 is 10.2 Å². The molecule has 1 N–H and O–H groups in total. The molecule has 1 rings (SSSR count). The molecule has 0 aliphatic carbocycles. The zero-order chi connectivity index (χ0) is 11.1. The Kier molecular flexibility index (Phi) is 6.25. The number of hydrogen-bond acceptors (Lipinski definition) is 3. The normalized spacial score (nSPS) is 11.2. The summed E-state index contributed by atoms with van der Waals surface area (Å²) < 4.78 is 0.871. The second kappa shape index (κ2) is 7.23. The van der Waals surface area contributed by atoms with Crippen molar-refractivity contribution in [2.24, 2.45) is 0 Å². The van der Waals surface area contributed by atoms with Crippen LogP contribution in [0.3, 0.4) is 0 Å². The lowest BCUT2D eigenvalue weighted by atomic mass is 10.4. The van der Waals surface area contributed by atoms with Gasteiger partial charge in [0.2, 0.25) is 0 Å². The first-order valence-electron chi connectivity index (χ1n) is 5.43. The fourth-order valence-electron chi connectivity index (χ4n) is 1.44. The van der Waals surface area contributed by atoms with Crippen LogP contribution in [0.25, 0.3) is 0 Å². The summed E-state index contributed by atoms with van der Waals surface area (Å²) in [7, 11) is 0. The molecule has 1 aromatic rings. The Morgan fingerprint density at radius 2 is 2.07 bits per heavy atom. The Labute approximate surface area is 101 Å². The highest BCUT2D eigenvalue weighted by molar-refractivity contribution is 7.16. The second-order valence-electron chi connectivity index (χ2n) is 3.41. The van der Waals surface area contributed by atoms with E-state index in [1.807, 2.05) is 6.07 Å². The zero-order valence-corrected chi connectivity index (χ0v) is 11.0. The Morgan fingerprint density at radius 1 is 1.33 bits per heavy atom. The van der Waals surface area contributed by atoms with Crippen LogP contribution >= 0.6 is 22.9 Å². The third kappa shape index (κ3) is 4.98. The third-order valence-electron chi connectivity index (χ3n) is 2.43. The third-order valence-corrected chi connectivity index (χ3v) is 3.66. The molecule has 0 saturated heterocycles. The van der Waals surface area contributed by atoms with Crippen LogP contribution in [0.2, 0.25) is 4.34 Å². The monoisotopic (exact) mass is 246 g/mol. The molecule has 0 unspecified atom stereocenters. The maximum absolute atomic E-state index is 5.85. The van der Waals surface area contributed by atoms with E-state index in [1.54, 1.807) is 11.3 Å². The molecule has 0 aliphatic rings. The minimum atomic E-state index is 0.871. The van der Waals surface area contributed by atoms with Gasteiger partial charge in [-0.2, -0.15) is 0 Å². The summed E-state index contributed by atoms with van der Waals surface area (Å²) in [6.45, 7) is 9.74. The van der Waals surface area contributed by atoms with Crippen molar-refractivity contribution in [2.75, 3.05) is 26.2 Å². The number of nitrogens with zero attached hydrogens (tertiary/aromatic N) is 1. The molecule has 0 fully saturated rings. The van der Waals surface area contributed by atoms with Gasteiger partial charge in [-0.15, -0.1) is 11.3 Å². The molecule has 0 saturated carbocycles. The highest BCUT2D eigenvalue weighted by Gasteiger charge is 1.99. The van der Waals surface area contributed by atoms with E-state index in [2.05, 4.69) is 30.1 Å². The van der Waals surface area contributed by atoms with Gasteiger partial charge in [-0.25, -0.2) is 0 Å². The Bertz CT molecular complexity index is 271. The number of hydrogen-bond donors (Lipinski definition) is 1. The lowest BCUT2D eigenvalue weighted by Gasteiger charge is -2.17. The summed E-state index contributed by atoms with van der Waals surface area (Å²) in [4.78, 5) is 3.72. The van der Waals surface area contributed by atoms with Crippen LogP contribution in [-0.2, 0) is 6.54 Å². The number of likely N-dealkylation sites (N-methyl/N-ethyl adjacent to an activating group) is 1. The molecule has 15 heavy (non-hydrogen) atoms. The standard InChI is InChI=1S/C11H19ClN2S/c1-3-14(4-2)8-7-13-9-10-5-6-11(12)15-10/h5-6,13H,3-4,7-9H2,1-2H3. The van der Waals surface area contributed by atoms with E-state index >= 15 is 0 Å². The van der Waals surface area contributed by atoms with Crippen molar-refractivity contribution in [1.82, 2.24) is 10.2 Å². The average molecular weight is 247 g/mol. The number of thiophene rings is 1. The van der Waals surface area contributed by atoms with Gasteiger partial charge in [0.1, 0.15) is 0 Å². The van der Waals surface area contributed by atoms with Crippen molar-refractivity contribution >= 4 is 22.9 Å². The molecule has 1 aromatic heterocycles. The van der Waals surface area contributed by atoms with Crippen molar-refractivity contribution in [3.8, 4) is 0 Å². The minimum Gasteiger partial charge on any atom is -0.311 e. The highest BCUT2D eigenvalue weighted by Crippen LogP contribution is 2.20. The highest BCUT2D eigenvalue weighted by atomic mass is 35.5. The van der Waals surface area contributed by atoms with Crippen molar-refractivity contribution < 1.29 is 0 Å². The fourth-order valence-corrected chi connectivity index (χ4v) is 2.49. The summed E-state index contributed by atoms with van der Waals surface area (Å²) >= 11 is 7.50. The van der Waals surface area contributed by atoms with Crippen LogP contribution in [0.1, 0.15) is 18.7 Å². The lowest BCUT2D eigenvalue weighted by molar-refractivity contribution is 0.302. The van der Waals surface area contributed by atoms with E-state index in [1.165, 1.54) is 4.88 Å². The molecule has 0 aliphatic heterocycles. The molecule has 0 amide bonds. The van der Waals surface area contributed by atoms with Gasteiger partial charge in [0.15, 0.2) is 0 Å². The maximum Gasteiger partial charge on any atom is 0.0931 e. The molecule has 86 valence electrons. The van der Waals surface area contributed by atoms with Gasteiger partial charge in [0.05, 0.1) is 4.34 Å². The zero-order valence-electron chi connectivity index (χ0n) is 9.42. The van der Waals surface area contributed by atoms with Gasteiger partial charge in [0, 0.05) is 24.5 Å². The molecule has 1 heterocycles. The largest absolute Gasteiger partial charge is 0.311 e. The summed E-state index contributed by atoms with van der Waals surface area (Å²) in [6.07, 6.45) is 0. The van der Waals surface area contributed by atoms with Crippen LogP contribution in [0.4, 0.5) is 0 Å². The van der Waals surface area contributed by atoms with Gasteiger partial charge in [-0.1, -0.05) is 25.4 Å². The first-order valence-corrected chi connectivity index (χ1v) is 6.63. The van der Waals surface area contributed by atoms with Crippen LogP contribution in [-0.4, -0.2) is 31.1 Å². The quantitative estimate of drug-likeness (QED) is 0.745. The fraction of sp³-hybridized carbons (Fsp3) is 0.636. The average Bonchev–Trinajstić information content (AvgIpc) is 2.65. The molecule has 0 spiro atoms. The van der Waals surface area contributed by atoms with Gasteiger partial charge in [-0.3, -0.25) is 0 Å². The SMILES string of the molecule is CCN(CC)CCNCc1ccc(Cl)s1. The molecule has 0 radical (unpaired) electrons. The van der Waals surface area contributed by atoms with Gasteiger partial charge in [0.25, 0.3) is 0 Å². The molecular weight excluding hydrogens is 228 g/mol. The van der Waals surface area contributed by atoms with E-state index in [-0.39, 0.29) is 0 Å². The molecule has 2 nitrogen and oxygen atoms in total. The topological polar surface area (TPSA) is 15.3 Å². The van der Waals surface area contributed by atoms with Crippen LogP contribution in [0.5, 0.6) is 0 Å². The molecule has 4 heteroatoms. The second-order valence-corrected chi connectivity index (χ2v) is 5.21. The lowest BCUT2D eigenvalue weighted by Crippen LogP contribution is -2.31. The smallest absolute Gasteiger partial charge is 0.0931 e. The summed E-state index contributed by atoms with van der Waals surface area (Å²) in [5, 5.41) is 3.42. The van der Waals surface area contributed by atoms with Crippen molar-refractivity contribution in [2.45, 2.75) is 20.4 Å². The van der Waals surface area contributed by atoms with Crippen molar-refractivity contribution in [1.29, 1.82) is 0 Å². The molecule has 0 aromatic carbocycles. The Balaban J connectivity index is 2.11. The van der Waals surface area contributed by atoms with Gasteiger partial charge in [-0.05, 0) is 25.2 Å². The molecular formula is C11H19ClN2S. The first-order chi connectivity index (χ1) is 7.26. The molecule has 0 bridgehead atoms. The van der Waals surface area contributed by atoms with E-state index in [0.717, 1.165) is 37.1 Å². The predicted molar refractivity (Wildman–Crippen MR) is 68.8 cm³/mol. The molecule has 0 atom stereocenters. The van der Waals surface area contributed by atoms with Crippen LogP contribution in [0, 0.1) is 0 Å². The van der Waals surface area contributed by atoms with Crippen molar-refractivity contribution in [3.63, 3.8) is 0 Å². The maximum atomic E-state index is 5.85. The Morgan fingerprint density at radius 3 is 2.60 bits per heavy atom. The van der Waals surface area contributed by atoms with Gasteiger partial charge >= 0.3 is 0 Å². The number of halogens is 1. The Hall–Kier alpha value is -0.0900. The van der Waals surface area contributed by atoms with Crippen LogP contribution < -0.4 is 5.32 Å². The summed E-state index contributed by atoms with van der Waals surface area (Å²) in [5.41, 5.74) is 0. The predicted octanol–water partition coefficient (Wildman–Crippen LogP) is 2.83. The number of nitrogens with one attached hydrogen (secondary N) is 1.